The zero-order valence-electron chi connectivity index (χ0n) is 17.2. The van der Waals surface area contributed by atoms with Crippen LogP contribution in [0.1, 0.15) is 56.3 Å². The van der Waals surface area contributed by atoms with Crippen LogP contribution in [0, 0.1) is 0 Å². The molecule has 2 heterocycles. The maximum atomic E-state index is 5.35. The number of aliphatic imine (C=N–C) groups is 1. The van der Waals surface area contributed by atoms with E-state index in [2.05, 4.69) is 39.5 Å². The van der Waals surface area contributed by atoms with E-state index < -0.39 is 0 Å². The van der Waals surface area contributed by atoms with Gasteiger partial charge in [-0.2, -0.15) is 0 Å². The molecule has 1 unspecified atom stereocenters. The van der Waals surface area contributed by atoms with Crippen LogP contribution in [0.4, 0.5) is 0 Å². The van der Waals surface area contributed by atoms with Crippen LogP contribution in [0.3, 0.4) is 0 Å². The van der Waals surface area contributed by atoms with Gasteiger partial charge in [0.1, 0.15) is 11.1 Å². The Bertz CT molecular complexity index is 548. The summed E-state index contributed by atoms with van der Waals surface area (Å²) in [4.78, 5) is 14.2. The Morgan fingerprint density at radius 3 is 2.81 bits per heavy atom. The normalized spacial score (nSPS) is 16.2. The summed E-state index contributed by atoms with van der Waals surface area (Å²) >= 11 is 1.66. The van der Waals surface area contributed by atoms with E-state index in [-0.39, 0.29) is 30.1 Å². The second kappa shape index (κ2) is 13.7. The summed E-state index contributed by atoms with van der Waals surface area (Å²) in [6.45, 7) is 10.4. The zero-order valence-corrected chi connectivity index (χ0v) is 20.4. The van der Waals surface area contributed by atoms with E-state index in [1.807, 2.05) is 6.92 Å². The monoisotopic (exact) mass is 509 g/mol. The van der Waals surface area contributed by atoms with Crippen molar-refractivity contribution in [3.05, 3.63) is 16.1 Å². The number of unbranched alkanes of at least 4 members (excludes halogenated alkanes) is 1. The fourth-order valence-corrected chi connectivity index (χ4v) is 3.95. The van der Waals surface area contributed by atoms with Crippen LogP contribution in [-0.4, -0.2) is 67.6 Å². The molecule has 1 atom stereocenters. The summed E-state index contributed by atoms with van der Waals surface area (Å²) in [5.74, 6) is 0.961. The number of nitrogens with zero attached hydrogens (tertiary/aromatic N) is 4. The van der Waals surface area contributed by atoms with Crippen molar-refractivity contribution in [1.29, 1.82) is 0 Å². The van der Waals surface area contributed by atoms with E-state index in [1.54, 1.807) is 18.4 Å². The van der Waals surface area contributed by atoms with Gasteiger partial charge < -0.3 is 19.9 Å². The molecule has 156 valence electrons. The van der Waals surface area contributed by atoms with Gasteiger partial charge in [0, 0.05) is 32.6 Å². The van der Waals surface area contributed by atoms with Gasteiger partial charge in [0.25, 0.3) is 0 Å². The van der Waals surface area contributed by atoms with Gasteiger partial charge in [0.2, 0.25) is 0 Å². The fourth-order valence-electron chi connectivity index (χ4n) is 3.11. The van der Waals surface area contributed by atoms with Gasteiger partial charge in [-0.15, -0.1) is 35.3 Å². The molecule has 1 aliphatic heterocycles. The molecule has 1 N–H and O–H groups in total. The second-order valence-corrected chi connectivity index (χ2v) is 7.79. The second-order valence-electron chi connectivity index (χ2n) is 6.90. The van der Waals surface area contributed by atoms with Crippen LogP contribution >= 0.6 is 35.3 Å². The first kappa shape index (κ1) is 24.6. The Morgan fingerprint density at radius 1 is 1.41 bits per heavy atom. The molecular formula is C19H36IN5OS. The minimum absolute atomic E-state index is 0. The Kier molecular flexibility index (Phi) is 12.5. The third-order valence-corrected chi connectivity index (χ3v) is 5.76. The van der Waals surface area contributed by atoms with Gasteiger partial charge in [-0.25, -0.2) is 4.98 Å². The highest BCUT2D eigenvalue weighted by atomic mass is 127. The van der Waals surface area contributed by atoms with E-state index in [9.17, 15) is 0 Å². The highest BCUT2D eigenvalue weighted by molar-refractivity contribution is 14.0. The summed E-state index contributed by atoms with van der Waals surface area (Å²) in [6.07, 6.45) is 5.17. The lowest BCUT2D eigenvalue weighted by molar-refractivity contribution is 0.119. The number of methoxy groups -OCH3 is 1. The number of halogens is 1. The van der Waals surface area contributed by atoms with Crippen LogP contribution < -0.4 is 5.32 Å². The smallest absolute Gasteiger partial charge is 0.194 e. The van der Waals surface area contributed by atoms with E-state index >= 15 is 0 Å². The summed E-state index contributed by atoms with van der Waals surface area (Å²) in [7, 11) is 3.79. The van der Waals surface area contributed by atoms with Crippen molar-refractivity contribution in [2.75, 3.05) is 46.9 Å². The molecule has 27 heavy (non-hydrogen) atoms. The molecule has 0 spiro atoms. The van der Waals surface area contributed by atoms with Crippen molar-refractivity contribution >= 4 is 41.3 Å². The van der Waals surface area contributed by atoms with Crippen LogP contribution in [0.15, 0.2) is 10.4 Å². The van der Waals surface area contributed by atoms with Crippen molar-refractivity contribution in [2.24, 2.45) is 4.99 Å². The maximum absolute atomic E-state index is 5.35. The van der Waals surface area contributed by atoms with Crippen LogP contribution in [0.25, 0.3) is 0 Å². The van der Waals surface area contributed by atoms with Gasteiger partial charge in [-0.05, 0) is 59.2 Å². The number of ether oxygens (including phenoxy) is 1. The molecule has 0 saturated carbocycles. The van der Waals surface area contributed by atoms with Crippen molar-refractivity contribution in [2.45, 2.75) is 52.2 Å². The highest BCUT2D eigenvalue weighted by Crippen LogP contribution is 2.20. The SMILES string of the molecule is CCNC(=NCCCCN1CCCC1)N(C)Cc1csc(C(C)OC)n1.I. The highest BCUT2D eigenvalue weighted by Gasteiger charge is 2.13. The summed E-state index contributed by atoms with van der Waals surface area (Å²) < 4.78 is 5.35. The molecule has 2 rings (SSSR count). The number of thiazole rings is 1. The first-order chi connectivity index (χ1) is 12.6. The largest absolute Gasteiger partial charge is 0.375 e. The lowest BCUT2D eigenvalue weighted by Gasteiger charge is -2.21. The van der Waals surface area contributed by atoms with Crippen molar-refractivity contribution in [3.63, 3.8) is 0 Å². The average Bonchev–Trinajstić information content (AvgIpc) is 3.31. The zero-order chi connectivity index (χ0) is 18.8. The number of hydrogen-bond acceptors (Lipinski definition) is 5. The topological polar surface area (TPSA) is 53.0 Å². The molecule has 1 aromatic rings. The third kappa shape index (κ3) is 8.62. The summed E-state index contributed by atoms with van der Waals surface area (Å²) in [5, 5.41) is 6.53. The van der Waals surface area contributed by atoms with E-state index in [0.717, 1.165) is 42.7 Å². The number of likely N-dealkylation sites (tertiary alicyclic amines) is 1. The van der Waals surface area contributed by atoms with Gasteiger partial charge in [0.05, 0.1) is 12.2 Å². The predicted octanol–water partition coefficient (Wildman–Crippen LogP) is 3.74. The first-order valence-corrected chi connectivity index (χ1v) is 10.7. The Morgan fingerprint density at radius 2 is 2.15 bits per heavy atom. The molecule has 0 amide bonds. The summed E-state index contributed by atoms with van der Waals surface area (Å²) in [5.41, 5.74) is 1.07. The fraction of sp³-hybridized carbons (Fsp3) is 0.789. The van der Waals surface area contributed by atoms with E-state index in [1.165, 1.54) is 38.9 Å². The molecular weight excluding hydrogens is 473 g/mol. The van der Waals surface area contributed by atoms with E-state index in [4.69, 9.17) is 9.73 Å². The van der Waals surface area contributed by atoms with Crippen LogP contribution in [0.2, 0.25) is 0 Å². The molecule has 1 fully saturated rings. The van der Waals surface area contributed by atoms with Gasteiger partial charge >= 0.3 is 0 Å². The molecule has 8 heteroatoms. The molecule has 0 radical (unpaired) electrons. The molecule has 1 saturated heterocycles. The number of nitrogens with one attached hydrogen (secondary N) is 1. The number of hydrogen-bond donors (Lipinski definition) is 1. The minimum Gasteiger partial charge on any atom is -0.375 e. The van der Waals surface area contributed by atoms with Gasteiger partial charge in [-0.3, -0.25) is 4.99 Å². The lowest BCUT2D eigenvalue weighted by Crippen LogP contribution is -2.38. The van der Waals surface area contributed by atoms with Gasteiger partial charge in [-0.1, -0.05) is 0 Å². The third-order valence-electron chi connectivity index (χ3n) is 4.71. The number of rotatable bonds is 10. The van der Waals surface area contributed by atoms with Gasteiger partial charge in [0.15, 0.2) is 5.96 Å². The molecule has 1 aromatic heterocycles. The summed E-state index contributed by atoms with van der Waals surface area (Å²) in [6, 6.07) is 0. The predicted molar refractivity (Wildman–Crippen MR) is 125 cm³/mol. The average molecular weight is 510 g/mol. The van der Waals surface area contributed by atoms with Crippen molar-refractivity contribution in [1.82, 2.24) is 20.1 Å². The standard InChI is InChI=1S/C19H35N5OS.HI/c1-5-20-19(21-10-6-7-11-24-12-8-9-13-24)23(3)14-17-15-26-18(22-17)16(2)25-4;/h15-16H,5-14H2,1-4H3,(H,20,21);1H. The molecule has 0 aromatic carbocycles. The molecule has 0 bridgehead atoms. The Balaban J connectivity index is 0.00000364. The number of guanidine groups is 1. The molecule has 6 nitrogen and oxygen atoms in total. The van der Waals surface area contributed by atoms with Crippen LogP contribution in [0.5, 0.6) is 0 Å². The Hall–Kier alpha value is -0.450. The Labute approximate surface area is 185 Å². The van der Waals surface area contributed by atoms with Crippen LogP contribution in [-0.2, 0) is 11.3 Å². The number of aromatic nitrogens is 1. The van der Waals surface area contributed by atoms with Crippen molar-refractivity contribution < 1.29 is 4.74 Å². The maximum Gasteiger partial charge on any atom is 0.194 e. The quantitative estimate of drug-likeness (QED) is 0.226. The van der Waals surface area contributed by atoms with E-state index in [0.29, 0.717) is 0 Å². The molecule has 0 aliphatic carbocycles. The first-order valence-electron chi connectivity index (χ1n) is 9.83. The minimum atomic E-state index is 0. The van der Waals surface area contributed by atoms with Crippen molar-refractivity contribution in [3.8, 4) is 0 Å². The molecule has 1 aliphatic rings. The lowest BCUT2D eigenvalue weighted by atomic mass is 10.3.